The Balaban J connectivity index is 2.13. The van der Waals surface area contributed by atoms with Crippen molar-refractivity contribution in [2.45, 2.75) is 19.0 Å². The monoisotopic (exact) mass is 293 g/mol. The van der Waals surface area contributed by atoms with E-state index < -0.39 is 11.9 Å². The Bertz CT molecular complexity index is 371. The van der Waals surface area contributed by atoms with Crippen LogP contribution in [0.3, 0.4) is 0 Å². The Morgan fingerprint density at radius 3 is 2.50 bits per heavy atom. The Morgan fingerprint density at radius 2 is 1.90 bits per heavy atom. The molecule has 0 amide bonds. The second-order valence-corrected chi connectivity index (χ2v) is 4.04. The number of unbranched alkanes of at least 4 members (excludes halogenated alkanes) is 1. The molecule has 0 fully saturated rings. The summed E-state index contributed by atoms with van der Waals surface area (Å²) in [6.07, 6.45) is -2.77. The highest BCUT2D eigenvalue weighted by molar-refractivity contribution is 5.33. The molecule has 0 aliphatic heterocycles. The number of aromatic nitrogens is 2. The zero-order chi connectivity index (χ0) is 14.8. The number of nitrogens with one attached hydrogen (secondary N) is 1. The SMILES string of the molecule is COCCOCCCCNc1ccc(C(F)(F)F)nn1. The van der Waals surface area contributed by atoms with E-state index >= 15 is 0 Å². The molecular formula is C12H18F3N3O2. The van der Waals surface area contributed by atoms with Gasteiger partial charge in [-0.25, -0.2) is 0 Å². The van der Waals surface area contributed by atoms with E-state index in [0.29, 0.717) is 32.2 Å². The van der Waals surface area contributed by atoms with Gasteiger partial charge >= 0.3 is 6.18 Å². The minimum Gasteiger partial charge on any atom is -0.382 e. The Hall–Kier alpha value is -1.41. The lowest BCUT2D eigenvalue weighted by atomic mass is 10.3. The molecule has 0 spiro atoms. The van der Waals surface area contributed by atoms with Crippen molar-refractivity contribution in [3.05, 3.63) is 17.8 Å². The Kier molecular flexibility index (Phi) is 7.24. The Labute approximate surface area is 115 Å². The second-order valence-electron chi connectivity index (χ2n) is 4.04. The van der Waals surface area contributed by atoms with Gasteiger partial charge in [-0.1, -0.05) is 0 Å². The molecule has 5 nitrogen and oxygen atoms in total. The lowest BCUT2D eigenvalue weighted by molar-refractivity contribution is -0.141. The van der Waals surface area contributed by atoms with Crippen LogP contribution in [0, 0.1) is 0 Å². The molecule has 1 rings (SSSR count). The van der Waals surface area contributed by atoms with Crippen LogP contribution in [-0.2, 0) is 15.7 Å². The van der Waals surface area contributed by atoms with E-state index in [2.05, 4.69) is 15.5 Å². The summed E-state index contributed by atoms with van der Waals surface area (Å²) < 4.78 is 46.9. The molecule has 0 aliphatic carbocycles. The van der Waals surface area contributed by atoms with Gasteiger partial charge in [-0.05, 0) is 25.0 Å². The van der Waals surface area contributed by atoms with Gasteiger partial charge in [-0.2, -0.15) is 13.2 Å². The fraction of sp³-hybridized carbons (Fsp3) is 0.667. The van der Waals surface area contributed by atoms with Crippen molar-refractivity contribution in [1.29, 1.82) is 0 Å². The number of hydrogen-bond donors (Lipinski definition) is 1. The first-order valence-corrected chi connectivity index (χ1v) is 6.25. The van der Waals surface area contributed by atoms with Gasteiger partial charge in [0, 0.05) is 20.3 Å². The quantitative estimate of drug-likeness (QED) is 0.708. The minimum atomic E-state index is -4.45. The normalized spacial score (nSPS) is 11.6. The topological polar surface area (TPSA) is 56.3 Å². The first-order valence-electron chi connectivity index (χ1n) is 6.25. The average Bonchev–Trinajstić information content (AvgIpc) is 2.41. The molecule has 1 aromatic heterocycles. The van der Waals surface area contributed by atoms with Crippen LogP contribution >= 0.6 is 0 Å². The van der Waals surface area contributed by atoms with Crippen molar-refractivity contribution in [2.75, 3.05) is 38.8 Å². The fourth-order valence-corrected chi connectivity index (χ4v) is 1.37. The molecule has 0 aromatic carbocycles. The van der Waals surface area contributed by atoms with E-state index in [-0.39, 0.29) is 0 Å². The highest BCUT2D eigenvalue weighted by Gasteiger charge is 2.32. The number of rotatable bonds is 9. The van der Waals surface area contributed by atoms with E-state index in [0.717, 1.165) is 18.9 Å². The highest BCUT2D eigenvalue weighted by Crippen LogP contribution is 2.26. The third kappa shape index (κ3) is 6.67. The number of alkyl halides is 3. The first-order chi connectivity index (χ1) is 9.54. The zero-order valence-corrected chi connectivity index (χ0v) is 11.2. The van der Waals surface area contributed by atoms with Crippen LogP contribution in [0.2, 0.25) is 0 Å². The smallest absolute Gasteiger partial charge is 0.382 e. The van der Waals surface area contributed by atoms with Crippen LogP contribution in [0.25, 0.3) is 0 Å². The average molecular weight is 293 g/mol. The molecule has 0 unspecified atom stereocenters. The van der Waals surface area contributed by atoms with E-state index in [4.69, 9.17) is 9.47 Å². The van der Waals surface area contributed by atoms with Crippen molar-refractivity contribution in [2.24, 2.45) is 0 Å². The summed E-state index contributed by atoms with van der Waals surface area (Å²) in [7, 11) is 1.61. The lowest BCUT2D eigenvalue weighted by Gasteiger charge is -2.07. The zero-order valence-electron chi connectivity index (χ0n) is 11.2. The summed E-state index contributed by atoms with van der Waals surface area (Å²) in [5, 5.41) is 9.50. The van der Waals surface area contributed by atoms with Gasteiger partial charge < -0.3 is 14.8 Å². The van der Waals surface area contributed by atoms with Gasteiger partial charge in [0.15, 0.2) is 5.69 Å². The molecule has 8 heteroatoms. The van der Waals surface area contributed by atoms with Gasteiger partial charge in [0.2, 0.25) is 0 Å². The first kappa shape index (κ1) is 16.6. The highest BCUT2D eigenvalue weighted by atomic mass is 19.4. The van der Waals surface area contributed by atoms with Gasteiger partial charge in [0.1, 0.15) is 5.82 Å². The van der Waals surface area contributed by atoms with Crippen LogP contribution in [0.5, 0.6) is 0 Å². The van der Waals surface area contributed by atoms with Crippen molar-refractivity contribution in [3.63, 3.8) is 0 Å². The van der Waals surface area contributed by atoms with Gasteiger partial charge in [0.05, 0.1) is 13.2 Å². The largest absolute Gasteiger partial charge is 0.435 e. The van der Waals surface area contributed by atoms with Gasteiger partial charge in [-0.15, -0.1) is 10.2 Å². The lowest BCUT2D eigenvalue weighted by Crippen LogP contribution is -2.11. The van der Waals surface area contributed by atoms with Crippen molar-refractivity contribution in [1.82, 2.24) is 10.2 Å². The van der Waals surface area contributed by atoms with E-state index in [1.54, 1.807) is 7.11 Å². The number of methoxy groups -OCH3 is 1. The van der Waals surface area contributed by atoms with E-state index in [1.165, 1.54) is 6.07 Å². The molecule has 0 saturated carbocycles. The summed E-state index contributed by atoms with van der Waals surface area (Å²) in [6, 6.07) is 2.17. The third-order valence-corrected chi connectivity index (χ3v) is 2.41. The summed E-state index contributed by atoms with van der Waals surface area (Å²) >= 11 is 0. The molecule has 1 aromatic rings. The standard InChI is InChI=1S/C12H18F3N3O2/c1-19-8-9-20-7-3-2-6-16-11-5-4-10(17-18-11)12(13,14)15/h4-5H,2-3,6-9H2,1H3,(H,16,18). The molecule has 1 heterocycles. The maximum atomic E-state index is 12.3. The molecular weight excluding hydrogens is 275 g/mol. The number of anilines is 1. The summed E-state index contributed by atoms with van der Waals surface area (Å²) in [6.45, 7) is 2.37. The molecule has 0 radical (unpaired) electrons. The molecule has 0 saturated heterocycles. The number of halogens is 3. The number of hydrogen-bond acceptors (Lipinski definition) is 5. The van der Waals surface area contributed by atoms with Crippen LogP contribution in [0.15, 0.2) is 12.1 Å². The summed E-state index contributed by atoms with van der Waals surface area (Å²) in [4.78, 5) is 0. The summed E-state index contributed by atoms with van der Waals surface area (Å²) in [5.41, 5.74) is -0.991. The molecule has 0 aliphatic rings. The van der Waals surface area contributed by atoms with Crippen LogP contribution in [-0.4, -0.2) is 43.7 Å². The second kappa shape index (κ2) is 8.70. The van der Waals surface area contributed by atoms with Crippen molar-refractivity contribution >= 4 is 5.82 Å². The molecule has 1 N–H and O–H groups in total. The maximum absolute atomic E-state index is 12.3. The van der Waals surface area contributed by atoms with Gasteiger partial charge in [-0.3, -0.25) is 0 Å². The number of nitrogens with zero attached hydrogens (tertiary/aromatic N) is 2. The van der Waals surface area contributed by atoms with Crippen LogP contribution < -0.4 is 5.32 Å². The number of ether oxygens (including phenoxy) is 2. The Morgan fingerprint density at radius 1 is 1.10 bits per heavy atom. The predicted molar refractivity (Wildman–Crippen MR) is 67.5 cm³/mol. The molecule has 0 bridgehead atoms. The van der Waals surface area contributed by atoms with Crippen molar-refractivity contribution in [3.8, 4) is 0 Å². The van der Waals surface area contributed by atoms with Crippen LogP contribution in [0.4, 0.5) is 19.0 Å². The molecule has 114 valence electrons. The van der Waals surface area contributed by atoms with E-state index in [1.807, 2.05) is 0 Å². The van der Waals surface area contributed by atoms with Crippen LogP contribution in [0.1, 0.15) is 18.5 Å². The third-order valence-electron chi connectivity index (χ3n) is 2.41. The maximum Gasteiger partial charge on any atom is 0.435 e. The fourth-order valence-electron chi connectivity index (χ4n) is 1.37. The molecule has 0 atom stereocenters. The molecule has 20 heavy (non-hydrogen) atoms. The minimum absolute atomic E-state index is 0.332. The predicted octanol–water partition coefficient (Wildman–Crippen LogP) is 2.35. The van der Waals surface area contributed by atoms with Gasteiger partial charge in [0.25, 0.3) is 0 Å². The van der Waals surface area contributed by atoms with Crippen molar-refractivity contribution < 1.29 is 22.6 Å². The van der Waals surface area contributed by atoms with E-state index in [9.17, 15) is 13.2 Å². The summed E-state index contributed by atoms with van der Waals surface area (Å²) in [5.74, 6) is 0.332.